The maximum Gasteiger partial charge on any atom is 0.332 e. The Kier molecular flexibility index (Phi) is 8.88. The van der Waals surface area contributed by atoms with Gasteiger partial charge in [0.1, 0.15) is 12.2 Å². The summed E-state index contributed by atoms with van der Waals surface area (Å²) in [6, 6.07) is 26.5. The number of fused-ring (bicyclic) bond motifs is 1. The summed E-state index contributed by atoms with van der Waals surface area (Å²) in [6.07, 6.45) is 1.55. The maximum atomic E-state index is 14.0. The summed E-state index contributed by atoms with van der Waals surface area (Å²) in [6.45, 7) is 5.11. The molecule has 218 valence electrons. The number of urea groups is 1. The van der Waals surface area contributed by atoms with Crippen molar-refractivity contribution in [1.82, 2.24) is 25.1 Å². The van der Waals surface area contributed by atoms with Crippen molar-refractivity contribution in [3.05, 3.63) is 114 Å². The van der Waals surface area contributed by atoms with E-state index in [2.05, 4.69) is 18.0 Å². The topological polar surface area (TPSA) is 79.4 Å². The van der Waals surface area contributed by atoms with E-state index >= 15 is 0 Å². The summed E-state index contributed by atoms with van der Waals surface area (Å²) in [5.74, 6) is -0.266. The lowest BCUT2D eigenvalue weighted by atomic mass is 10.00. The highest BCUT2D eigenvalue weighted by molar-refractivity contribution is 5.91. The Hall–Kier alpha value is -4.63. The predicted molar refractivity (Wildman–Crippen MR) is 163 cm³/mol. The molecule has 0 aromatic heterocycles. The quantitative estimate of drug-likeness (QED) is 0.380. The molecule has 2 atom stereocenters. The molecular weight excluding hydrogens is 528 g/mol. The Morgan fingerprint density at radius 1 is 0.952 bits per heavy atom. The summed E-state index contributed by atoms with van der Waals surface area (Å²) in [7, 11) is 3.97. The number of amides is 4. The first kappa shape index (κ1) is 28.9. The fraction of sp³-hybridized carbons (Fsp3) is 0.303. The van der Waals surface area contributed by atoms with E-state index in [1.54, 1.807) is 21.0 Å². The molecule has 0 spiro atoms. The number of benzene rings is 3. The van der Waals surface area contributed by atoms with Crippen LogP contribution in [0.1, 0.15) is 16.7 Å². The van der Waals surface area contributed by atoms with Crippen LogP contribution in [0, 0.1) is 0 Å². The minimum absolute atomic E-state index is 0.000210. The van der Waals surface area contributed by atoms with Crippen molar-refractivity contribution in [3.8, 4) is 0 Å². The Balaban J connectivity index is 1.43. The van der Waals surface area contributed by atoms with E-state index in [0.29, 0.717) is 19.5 Å². The van der Waals surface area contributed by atoms with Gasteiger partial charge >= 0.3 is 6.03 Å². The van der Waals surface area contributed by atoms with E-state index in [1.807, 2.05) is 103 Å². The van der Waals surface area contributed by atoms with Crippen LogP contribution < -0.4 is 10.2 Å². The molecule has 0 aliphatic carbocycles. The van der Waals surface area contributed by atoms with Crippen molar-refractivity contribution >= 4 is 23.5 Å². The highest BCUT2D eigenvalue weighted by Crippen LogP contribution is 2.30. The molecule has 2 fully saturated rings. The van der Waals surface area contributed by atoms with Gasteiger partial charge in [-0.15, -0.1) is 6.58 Å². The number of hydrogen-bond acceptors (Lipinski definition) is 5. The molecule has 0 bridgehead atoms. The highest BCUT2D eigenvalue weighted by atomic mass is 16.2. The summed E-state index contributed by atoms with van der Waals surface area (Å²) in [5.41, 5.74) is 3.99. The van der Waals surface area contributed by atoms with Crippen molar-refractivity contribution in [2.45, 2.75) is 31.7 Å². The number of carbonyl (C=O) groups excluding carboxylic acids is 3. The van der Waals surface area contributed by atoms with Gasteiger partial charge < -0.3 is 20.0 Å². The largest absolute Gasteiger partial charge is 0.378 e. The number of nitrogens with zero attached hydrogens (tertiary/aromatic N) is 5. The first-order valence-corrected chi connectivity index (χ1v) is 14.2. The van der Waals surface area contributed by atoms with Gasteiger partial charge in [0.05, 0.1) is 19.6 Å². The van der Waals surface area contributed by atoms with Crippen LogP contribution in [0.5, 0.6) is 0 Å². The van der Waals surface area contributed by atoms with E-state index in [9.17, 15) is 14.4 Å². The van der Waals surface area contributed by atoms with Gasteiger partial charge in [-0.25, -0.2) is 4.79 Å². The normalized spacial score (nSPS) is 18.5. The van der Waals surface area contributed by atoms with Crippen LogP contribution in [0.25, 0.3) is 0 Å². The number of hydrazine groups is 1. The lowest BCUT2D eigenvalue weighted by molar-refractivity contribution is -0.157. The number of anilines is 1. The third-order valence-electron chi connectivity index (χ3n) is 7.77. The second-order valence-corrected chi connectivity index (χ2v) is 10.9. The average Bonchev–Trinajstić information content (AvgIpc) is 3.33. The highest BCUT2D eigenvalue weighted by Gasteiger charge is 2.52. The average molecular weight is 567 g/mol. The third-order valence-corrected chi connectivity index (χ3v) is 7.77. The fourth-order valence-corrected chi connectivity index (χ4v) is 5.67. The van der Waals surface area contributed by atoms with Gasteiger partial charge in [0.2, 0.25) is 11.8 Å². The molecular formula is C33H38N6O3. The number of nitrogens with one attached hydrogen (secondary N) is 1. The van der Waals surface area contributed by atoms with E-state index in [-0.39, 0.29) is 37.5 Å². The van der Waals surface area contributed by atoms with Crippen LogP contribution >= 0.6 is 0 Å². The minimum Gasteiger partial charge on any atom is -0.378 e. The van der Waals surface area contributed by atoms with Gasteiger partial charge in [-0.05, 0) is 28.8 Å². The lowest BCUT2D eigenvalue weighted by Crippen LogP contribution is -2.66. The summed E-state index contributed by atoms with van der Waals surface area (Å²) in [4.78, 5) is 46.6. The Morgan fingerprint density at radius 3 is 2.29 bits per heavy atom. The smallest absolute Gasteiger partial charge is 0.332 e. The molecule has 9 heteroatoms. The lowest BCUT2D eigenvalue weighted by Gasteiger charge is -2.46. The summed E-state index contributed by atoms with van der Waals surface area (Å²) in [5, 5.41) is 6.31. The zero-order valence-electron chi connectivity index (χ0n) is 24.2. The number of piperazine rings is 1. The molecule has 5 rings (SSSR count). The van der Waals surface area contributed by atoms with Crippen molar-refractivity contribution in [2.75, 3.05) is 38.6 Å². The van der Waals surface area contributed by atoms with Crippen molar-refractivity contribution in [1.29, 1.82) is 0 Å². The van der Waals surface area contributed by atoms with Crippen LogP contribution in [-0.4, -0.2) is 83.6 Å². The molecule has 2 saturated heterocycles. The second-order valence-electron chi connectivity index (χ2n) is 10.9. The van der Waals surface area contributed by atoms with Gasteiger partial charge in [0, 0.05) is 39.3 Å². The van der Waals surface area contributed by atoms with Crippen LogP contribution in [-0.2, 0) is 29.1 Å². The van der Waals surface area contributed by atoms with Gasteiger partial charge in [-0.2, -0.15) is 5.01 Å². The van der Waals surface area contributed by atoms with E-state index < -0.39 is 12.2 Å². The van der Waals surface area contributed by atoms with Gasteiger partial charge in [-0.1, -0.05) is 78.9 Å². The first-order valence-electron chi connectivity index (χ1n) is 14.2. The molecule has 3 aromatic rings. The molecule has 1 N–H and O–H groups in total. The van der Waals surface area contributed by atoms with Crippen LogP contribution in [0.4, 0.5) is 10.5 Å². The summed E-state index contributed by atoms with van der Waals surface area (Å²) < 4.78 is 0. The Bertz CT molecular complexity index is 1410. The van der Waals surface area contributed by atoms with Gasteiger partial charge in [0.25, 0.3) is 0 Å². The number of rotatable bonds is 10. The second kappa shape index (κ2) is 12.9. The zero-order chi connectivity index (χ0) is 29.6. The number of carbonyl (C=O) groups is 3. The molecule has 2 heterocycles. The molecule has 2 aliphatic rings. The van der Waals surface area contributed by atoms with E-state index in [1.165, 1.54) is 0 Å². The van der Waals surface area contributed by atoms with Gasteiger partial charge in [0.15, 0.2) is 0 Å². The first-order chi connectivity index (χ1) is 20.4. The predicted octanol–water partition coefficient (Wildman–Crippen LogP) is 3.49. The fourth-order valence-electron chi connectivity index (χ4n) is 5.67. The maximum absolute atomic E-state index is 14.0. The molecule has 0 saturated carbocycles. The van der Waals surface area contributed by atoms with Crippen molar-refractivity contribution in [3.63, 3.8) is 0 Å². The van der Waals surface area contributed by atoms with Crippen LogP contribution in [0.3, 0.4) is 0 Å². The SMILES string of the molecule is C=CCN(C(=O)NCc1ccccc1)N1CC(=O)N2[C@@H](Cc3ccccc3)C(=O)N(Cc3cccc(N(C)C)c3)C[C@@H]21. The zero-order valence-corrected chi connectivity index (χ0v) is 24.2. The van der Waals surface area contributed by atoms with Crippen molar-refractivity contribution in [2.24, 2.45) is 0 Å². The van der Waals surface area contributed by atoms with Crippen LogP contribution in [0.15, 0.2) is 97.6 Å². The molecule has 0 radical (unpaired) electrons. The molecule has 9 nitrogen and oxygen atoms in total. The van der Waals surface area contributed by atoms with E-state index in [0.717, 1.165) is 22.4 Å². The van der Waals surface area contributed by atoms with Crippen LogP contribution in [0.2, 0.25) is 0 Å². The molecule has 4 amide bonds. The molecule has 42 heavy (non-hydrogen) atoms. The van der Waals surface area contributed by atoms with Crippen molar-refractivity contribution < 1.29 is 14.4 Å². The number of hydrogen-bond donors (Lipinski definition) is 1. The van der Waals surface area contributed by atoms with E-state index in [4.69, 9.17) is 0 Å². The monoisotopic (exact) mass is 566 g/mol. The molecule has 0 unspecified atom stereocenters. The molecule has 3 aromatic carbocycles. The van der Waals surface area contributed by atoms with Gasteiger partial charge in [-0.3, -0.25) is 14.6 Å². The minimum atomic E-state index is -0.682. The summed E-state index contributed by atoms with van der Waals surface area (Å²) >= 11 is 0. The third kappa shape index (κ3) is 6.31. The molecule has 2 aliphatic heterocycles. The Morgan fingerprint density at radius 2 is 1.62 bits per heavy atom. The standard InChI is InChI=1S/C33H38N6O3/c1-4-18-37(33(42)34-21-26-14-9-6-10-15-26)38-24-31(40)39-29(20-25-12-7-5-8-13-25)32(41)36(23-30(38)39)22-27-16-11-17-28(19-27)35(2)3/h4-17,19,29-30H,1,18,20-24H2,2-3H3,(H,34,42)/t29-,30+/m0/s1. The Labute approximate surface area is 247 Å².